The third-order valence-corrected chi connectivity index (χ3v) is 6.31. The highest BCUT2D eigenvalue weighted by Gasteiger charge is 2.30. The number of para-hydroxylation sites is 2. The number of hydrogen-bond donors (Lipinski definition) is 3. The van der Waals surface area contributed by atoms with Crippen molar-refractivity contribution in [2.24, 2.45) is 17.8 Å². The minimum Gasteiger partial charge on any atom is -0.393 e. The first-order valence-electron chi connectivity index (χ1n) is 11.5. The second kappa shape index (κ2) is 11.1. The van der Waals surface area contributed by atoms with Crippen LogP contribution in [0.2, 0.25) is 0 Å². The molecule has 0 spiro atoms. The molecule has 4 atom stereocenters. The van der Waals surface area contributed by atoms with Gasteiger partial charge in [-0.3, -0.25) is 4.79 Å². The maximum Gasteiger partial charge on any atom is 0.289 e. The van der Waals surface area contributed by atoms with Crippen molar-refractivity contribution >= 4 is 16.9 Å². The predicted molar refractivity (Wildman–Crippen MR) is 123 cm³/mol. The lowest BCUT2D eigenvalue weighted by Gasteiger charge is -2.36. The van der Waals surface area contributed by atoms with E-state index in [1.165, 1.54) is 0 Å². The van der Waals surface area contributed by atoms with Gasteiger partial charge in [-0.05, 0) is 56.1 Å². The molecule has 1 amide bonds. The van der Waals surface area contributed by atoms with Crippen LogP contribution in [0.5, 0.6) is 0 Å². The van der Waals surface area contributed by atoms with E-state index in [1.54, 1.807) is 7.11 Å². The maximum atomic E-state index is 13.2. The number of aliphatic hydroxyl groups excluding tert-OH is 1. The first-order chi connectivity index (χ1) is 14.9. The molecule has 1 aliphatic heterocycles. The molecule has 3 rings (SSSR count). The van der Waals surface area contributed by atoms with Crippen molar-refractivity contribution in [3.05, 3.63) is 30.1 Å². The Morgan fingerprint density at radius 2 is 2.00 bits per heavy atom. The van der Waals surface area contributed by atoms with Crippen molar-refractivity contribution in [1.29, 1.82) is 0 Å². The Hall–Kier alpha value is -1.96. The zero-order valence-corrected chi connectivity index (χ0v) is 19.3. The average molecular weight is 431 g/mol. The Morgan fingerprint density at radius 1 is 1.26 bits per heavy atom. The number of piperidine rings is 1. The number of nitrogens with one attached hydrogen (secondary N) is 2. The highest BCUT2D eigenvalue weighted by molar-refractivity contribution is 5.94. The van der Waals surface area contributed by atoms with Gasteiger partial charge in [-0.2, -0.15) is 0 Å². The summed E-state index contributed by atoms with van der Waals surface area (Å²) < 4.78 is 5.82. The maximum absolute atomic E-state index is 13.2. The fourth-order valence-corrected chi connectivity index (χ4v) is 4.61. The normalized spacial score (nSPS) is 21.4. The fourth-order valence-electron chi connectivity index (χ4n) is 4.61. The molecule has 31 heavy (non-hydrogen) atoms. The summed E-state index contributed by atoms with van der Waals surface area (Å²) in [5.74, 6) is 1.38. The Labute approximate surface area is 185 Å². The number of benzene rings is 1. The van der Waals surface area contributed by atoms with Crippen LogP contribution in [0.4, 0.5) is 0 Å². The molecule has 1 fully saturated rings. The number of aromatic amines is 1. The molecular weight excluding hydrogens is 392 g/mol. The number of imidazole rings is 1. The summed E-state index contributed by atoms with van der Waals surface area (Å²) in [7, 11) is 1.77. The topological polar surface area (TPSA) is 90.5 Å². The molecule has 0 saturated carbocycles. The van der Waals surface area contributed by atoms with E-state index in [-0.39, 0.29) is 24.0 Å². The van der Waals surface area contributed by atoms with Gasteiger partial charge in [0, 0.05) is 33.3 Å². The van der Waals surface area contributed by atoms with Crippen LogP contribution in [0.25, 0.3) is 11.0 Å². The van der Waals surface area contributed by atoms with Crippen LogP contribution < -0.4 is 5.32 Å². The van der Waals surface area contributed by atoms with Crippen LogP contribution in [-0.2, 0) is 4.74 Å². The first kappa shape index (κ1) is 23.7. The number of hydrogen-bond acceptors (Lipinski definition) is 5. The number of H-pyrrole nitrogens is 1. The Kier molecular flexibility index (Phi) is 8.46. The van der Waals surface area contributed by atoms with Gasteiger partial charge < -0.3 is 25.0 Å². The monoisotopic (exact) mass is 430 g/mol. The standard InChI is InChI=1S/C24H38N4O3/c1-16(2)15-28(24(30)23-26-20-8-5-6-9-21(20)27-23)11-7-10-22(31-4)19-12-18(17(3)29)13-25-14-19/h5-6,8-9,16-19,22,25,29H,7,10-15H2,1-4H3,(H,26,27)/t17?,18-,19+,22?/m1/s1. The van der Waals surface area contributed by atoms with Crippen LogP contribution in [0.3, 0.4) is 0 Å². The van der Waals surface area contributed by atoms with Crippen molar-refractivity contribution in [1.82, 2.24) is 20.2 Å². The molecule has 1 aliphatic rings. The first-order valence-corrected chi connectivity index (χ1v) is 11.5. The minimum atomic E-state index is -0.309. The number of carbonyl (C=O) groups excluding carboxylic acids is 1. The number of nitrogens with zero attached hydrogens (tertiary/aromatic N) is 2. The fraction of sp³-hybridized carbons (Fsp3) is 0.667. The summed E-state index contributed by atoms with van der Waals surface area (Å²) in [5, 5.41) is 13.4. The van der Waals surface area contributed by atoms with Crippen molar-refractivity contribution in [3.63, 3.8) is 0 Å². The number of rotatable bonds is 10. The van der Waals surface area contributed by atoms with Crippen LogP contribution in [-0.4, -0.2) is 71.4 Å². The Morgan fingerprint density at radius 3 is 2.68 bits per heavy atom. The summed E-state index contributed by atoms with van der Waals surface area (Å²) in [4.78, 5) is 22.8. The lowest BCUT2D eigenvalue weighted by Crippen LogP contribution is -2.45. The lowest BCUT2D eigenvalue weighted by atomic mass is 9.83. The van der Waals surface area contributed by atoms with Crippen LogP contribution in [0, 0.1) is 17.8 Å². The van der Waals surface area contributed by atoms with Gasteiger partial charge in [0.2, 0.25) is 0 Å². The van der Waals surface area contributed by atoms with Gasteiger partial charge in [-0.25, -0.2) is 4.98 Å². The molecule has 2 aromatic rings. The summed E-state index contributed by atoms with van der Waals surface area (Å²) in [6, 6.07) is 7.72. The minimum absolute atomic E-state index is 0.0487. The van der Waals surface area contributed by atoms with E-state index >= 15 is 0 Å². The van der Waals surface area contributed by atoms with Gasteiger partial charge >= 0.3 is 0 Å². The molecule has 172 valence electrons. The van der Waals surface area contributed by atoms with E-state index in [9.17, 15) is 9.90 Å². The molecule has 0 aliphatic carbocycles. The van der Waals surface area contributed by atoms with Gasteiger partial charge in [0.25, 0.3) is 5.91 Å². The molecule has 0 bridgehead atoms. The summed E-state index contributed by atoms with van der Waals surface area (Å²) in [6.45, 7) is 9.26. The van der Waals surface area contributed by atoms with Crippen LogP contribution >= 0.6 is 0 Å². The third kappa shape index (κ3) is 6.28. The second-order valence-corrected chi connectivity index (χ2v) is 9.32. The van der Waals surface area contributed by atoms with Crippen molar-refractivity contribution in [3.8, 4) is 0 Å². The smallest absolute Gasteiger partial charge is 0.289 e. The molecule has 1 aromatic heterocycles. The number of fused-ring (bicyclic) bond motifs is 1. The van der Waals surface area contributed by atoms with Crippen molar-refractivity contribution < 1.29 is 14.6 Å². The van der Waals surface area contributed by atoms with Gasteiger partial charge in [0.15, 0.2) is 5.82 Å². The molecule has 1 aromatic carbocycles. The van der Waals surface area contributed by atoms with E-state index in [4.69, 9.17) is 4.74 Å². The molecule has 0 radical (unpaired) electrons. The quantitative estimate of drug-likeness (QED) is 0.539. The van der Waals surface area contributed by atoms with E-state index in [2.05, 4.69) is 29.1 Å². The van der Waals surface area contributed by atoms with Crippen molar-refractivity contribution in [2.45, 2.75) is 52.2 Å². The summed E-state index contributed by atoms with van der Waals surface area (Å²) in [5.41, 5.74) is 1.69. The van der Waals surface area contributed by atoms with E-state index in [0.29, 0.717) is 30.7 Å². The van der Waals surface area contributed by atoms with Gasteiger partial charge in [0.05, 0.1) is 23.2 Å². The number of carbonyl (C=O) groups is 1. The van der Waals surface area contributed by atoms with Crippen LogP contribution in [0.1, 0.15) is 50.7 Å². The highest BCUT2D eigenvalue weighted by atomic mass is 16.5. The van der Waals surface area contributed by atoms with E-state index in [0.717, 1.165) is 43.4 Å². The number of ether oxygens (including phenoxy) is 1. The van der Waals surface area contributed by atoms with Crippen LogP contribution in [0.15, 0.2) is 24.3 Å². The SMILES string of the molecule is COC(CCCN(CC(C)C)C(=O)c1nc2ccccc2[nH]1)[C@@H]1CNC[C@H](C(C)O)C1. The molecule has 3 N–H and O–H groups in total. The molecular formula is C24H38N4O3. The van der Waals surface area contributed by atoms with Crippen molar-refractivity contribution in [2.75, 3.05) is 33.3 Å². The van der Waals surface area contributed by atoms with E-state index in [1.807, 2.05) is 36.1 Å². The number of amides is 1. The average Bonchev–Trinajstić information content (AvgIpc) is 3.19. The molecule has 1 saturated heterocycles. The second-order valence-electron chi connectivity index (χ2n) is 9.32. The lowest BCUT2D eigenvalue weighted by molar-refractivity contribution is 0.00526. The third-order valence-electron chi connectivity index (χ3n) is 6.31. The summed E-state index contributed by atoms with van der Waals surface area (Å²) in [6.07, 6.45) is 2.54. The molecule has 2 heterocycles. The van der Waals surface area contributed by atoms with Gasteiger partial charge in [0.1, 0.15) is 0 Å². The number of methoxy groups -OCH3 is 1. The van der Waals surface area contributed by atoms with Gasteiger partial charge in [-0.1, -0.05) is 26.0 Å². The summed E-state index contributed by atoms with van der Waals surface area (Å²) >= 11 is 0. The highest BCUT2D eigenvalue weighted by Crippen LogP contribution is 2.26. The molecule has 7 heteroatoms. The zero-order valence-electron chi connectivity index (χ0n) is 19.3. The van der Waals surface area contributed by atoms with Gasteiger partial charge in [-0.15, -0.1) is 0 Å². The predicted octanol–water partition coefficient (Wildman–Crippen LogP) is 3.06. The number of aromatic nitrogens is 2. The Bertz CT molecular complexity index is 802. The largest absolute Gasteiger partial charge is 0.393 e. The van der Waals surface area contributed by atoms with E-state index < -0.39 is 0 Å². The molecule has 2 unspecified atom stereocenters. The number of aliphatic hydroxyl groups is 1. The molecule has 7 nitrogen and oxygen atoms in total. The zero-order chi connectivity index (χ0) is 22.4. The Balaban J connectivity index is 1.60.